The van der Waals surface area contributed by atoms with E-state index in [0.717, 1.165) is 0 Å². The highest BCUT2D eigenvalue weighted by molar-refractivity contribution is 5.98. The van der Waals surface area contributed by atoms with Crippen molar-refractivity contribution in [3.05, 3.63) is 35.4 Å². The lowest BCUT2D eigenvalue weighted by atomic mass is 10.0. The second-order valence-electron chi connectivity index (χ2n) is 5.50. The molecule has 1 unspecified atom stereocenters. The van der Waals surface area contributed by atoms with Crippen LogP contribution in [0.25, 0.3) is 0 Å². The Morgan fingerprint density at radius 3 is 2.15 bits per heavy atom. The standard InChI is InChI=1S/C15H23N3O2/c1-9(2)11-5-7-12(8-6-11)15(19)17-13(10(3)4)14(16)18-20/h5-10,13,20H,1-4H3,(H2,16,18)(H,17,19). The molecule has 4 N–H and O–H groups in total. The Bertz CT molecular complexity index is 478. The third-order valence-electron chi connectivity index (χ3n) is 3.23. The van der Waals surface area contributed by atoms with Gasteiger partial charge in [0.1, 0.15) is 0 Å². The molecule has 0 aliphatic heterocycles. The van der Waals surface area contributed by atoms with Gasteiger partial charge >= 0.3 is 0 Å². The number of carbonyl (C=O) groups is 1. The van der Waals surface area contributed by atoms with Crippen LogP contribution in [0, 0.1) is 5.92 Å². The fourth-order valence-electron chi connectivity index (χ4n) is 1.89. The van der Waals surface area contributed by atoms with Gasteiger partial charge in [0.25, 0.3) is 5.91 Å². The molecule has 1 aromatic rings. The topological polar surface area (TPSA) is 87.7 Å². The van der Waals surface area contributed by atoms with E-state index in [4.69, 9.17) is 10.9 Å². The number of oxime groups is 1. The maximum absolute atomic E-state index is 12.2. The minimum atomic E-state index is -0.489. The van der Waals surface area contributed by atoms with Gasteiger partial charge in [0.05, 0.1) is 6.04 Å². The summed E-state index contributed by atoms with van der Waals surface area (Å²) in [5.74, 6) is 0.232. The number of nitrogens with one attached hydrogen (secondary N) is 1. The van der Waals surface area contributed by atoms with Crippen molar-refractivity contribution < 1.29 is 10.0 Å². The van der Waals surface area contributed by atoms with Gasteiger partial charge in [0, 0.05) is 5.56 Å². The van der Waals surface area contributed by atoms with E-state index in [9.17, 15) is 4.79 Å². The Morgan fingerprint density at radius 2 is 1.75 bits per heavy atom. The fraction of sp³-hybridized carbons (Fsp3) is 0.467. The molecule has 0 radical (unpaired) electrons. The molecule has 1 atom stereocenters. The summed E-state index contributed by atoms with van der Waals surface area (Å²) in [6, 6.07) is 6.96. The number of hydrogen-bond acceptors (Lipinski definition) is 3. The van der Waals surface area contributed by atoms with Crippen LogP contribution in [0.4, 0.5) is 0 Å². The highest BCUT2D eigenvalue weighted by Crippen LogP contribution is 2.15. The first kappa shape index (κ1) is 16.0. The van der Waals surface area contributed by atoms with E-state index in [1.165, 1.54) is 5.56 Å². The summed E-state index contributed by atoms with van der Waals surface area (Å²) >= 11 is 0. The van der Waals surface area contributed by atoms with Crippen molar-refractivity contribution >= 4 is 11.7 Å². The largest absolute Gasteiger partial charge is 0.409 e. The Hall–Kier alpha value is -2.04. The van der Waals surface area contributed by atoms with Crippen LogP contribution in [0.2, 0.25) is 0 Å². The first-order valence-corrected chi connectivity index (χ1v) is 6.75. The molecule has 0 aliphatic rings. The summed E-state index contributed by atoms with van der Waals surface area (Å²) in [6.07, 6.45) is 0. The molecule has 1 amide bonds. The van der Waals surface area contributed by atoms with E-state index in [2.05, 4.69) is 24.3 Å². The SMILES string of the molecule is CC(C)c1ccc(C(=O)NC(C(N)=NO)C(C)C)cc1. The maximum Gasteiger partial charge on any atom is 0.251 e. The average molecular weight is 277 g/mol. The Balaban J connectivity index is 2.84. The lowest BCUT2D eigenvalue weighted by Gasteiger charge is -2.21. The minimum absolute atomic E-state index is 0.00662. The van der Waals surface area contributed by atoms with E-state index < -0.39 is 6.04 Å². The maximum atomic E-state index is 12.2. The Labute approximate surface area is 119 Å². The van der Waals surface area contributed by atoms with Crippen molar-refractivity contribution in [2.24, 2.45) is 16.8 Å². The molecule has 0 spiro atoms. The van der Waals surface area contributed by atoms with Crippen molar-refractivity contribution in [1.82, 2.24) is 5.32 Å². The van der Waals surface area contributed by atoms with Crippen LogP contribution in [0.5, 0.6) is 0 Å². The average Bonchev–Trinajstić information content (AvgIpc) is 2.43. The molecular formula is C15H23N3O2. The third-order valence-corrected chi connectivity index (χ3v) is 3.23. The van der Waals surface area contributed by atoms with Crippen molar-refractivity contribution in [3.63, 3.8) is 0 Å². The van der Waals surface area contributed by atoms with Gasteiger partial charge in [-0.15, -0.1) is 0 Å². The smallest absolute Gasteiger partial charge is 0.251 e. The number of nitrogens with zero attached hydrogens (tertiary/aromatic N) is 1. The van der Waals surface area contributed by atoms with Crippen molar-refractivity contribution in [2.45, 2.75) is 39.7 Å². The molecule has 1 aromatic carbocycles. The zero-order valence-corrected chi connectivity index (χ0v) is 12.4. The summed E-state index contributed by atoms with van der Waals surface area (Å²) in [5.41, 5.74) is 7.33. The highest BCUT2D eigenvalue weighted by atomic mass is 16.4. The molecule has 20 heavy (non-hydrogen) atoms. The second kappa shape index (κ2) is 6.93. The van der Waals surface area contributed by atoms with Crippen LogP contribution in [0.3, 0.4) is 0 Å². The van der Waals surface area contributed by atoms with Gasteiger partial charge < -0.3 is 16.3 Å². The molecule has 0 saturated heterocycles. The molecule has 0 aromatic heterocycles. The number of nitrogens with two attached hydrogens (primary N) is 1. The van der Waals surface area contributed by atoms with Crippen molar-refractivity contribution in [2.75, 3.05) is 0 Å². The number of hydrogen-bond donors (Lipinski definition) is 3. The lowest BCUT2D eigenvalue weighted by molar-refractivity contribution is 0.0939. The molecule has 0 bridgehead atoms. The number of rotatable bonds is 5. The molecule has 0 heterocycles. The van der Waals surface area contributed by atoms with Gasteiger partial charge in [-0.2, -0.15) is 0 Å². The van der Waals surface area contributed by atoms with Gasteiger partial charge in [-0.05, 0) is 29.5 Å². The predicted molar refractivity (Wildman–Crippen MR) is 80.0 cm³/mol. The number of benzene rings is 1. The first-order valence-electron chi connectivity index (χ1n) is 6.75. The first-order chi connectivity index (χ1) is 9.36. The van der Waals surface area contributed by atoms with Gasteiger partial charge in [0.15, 0.2) is 5.84 Å². The van der Waals surface area contributed by atoms with Gasteiger partial charge in [-0.25, -0.2) is 0 Å². The summed E-state index contributed by atoms with van der Waals surface area (Å²) in [5, 5.41) is 14.5. The number of amidine groups is 1. The van der Waals surface area contributed by atoms with E-state index in [0.29, 0.717) is 11.5 Å². The Kier molecular flexibility index (Phi) is 5.55. The van der Waals surface area contributed by atoms with E-state index in [1.54, 1.807) is 12.1 Å². The summed E-state index contributed by atoms with van der Waals surface area (Å²) in [4.78, 5) is 12.2. The van der Waals surface area contributed by atoms with Crippen LogP contribution in [0.15, 0.2) is 29.4 Å². The molecule has 110 valence electrons. The molecule has 0 fully saturated rings. The van der Waals surface area contributed by atoms with Crippen molar-refractivity contribution in [1.29, 1.82) is 0 Å². The lowest BCUT2D eigenvalue weighted by Crippen LogP contribution is -2.47. The number of carbonyl (C=O) groups excluding carboxylic acids is 1. The molecule has 0 saturated carbocycles. The van der Waals surface area contributed by atoms with Crippen LogP contribution >= 0.6 is 0 Å². The fourth-order valence-corrected chi connectivity index (χ4v) is 1.89. The van der Waals surface area contributed by atoms with Gasteiger partial charge in [-0.1, -0.05) is 45.0 Å². The van der Waals surface area contributed by atoms with Crippen LogP contribution in [0.1, 0.15) is 49.5 Å². The summed E-state index contributed by atoms with van der Waals surface area (Å²) in [7, 11) is 0. The van der Waals surface area contributed by atoms with Crippen LogP contribution in [-0.2, 0) is 0 Å². The Morgan fingerprint density at radius 1 is 1.20 bits per heavy atom. The van der Waals surface area contributed by atoms with E-state index >= 15 is 0 Å². The second-order valence-corrected chi connectivity index (χ2v) is 5.50. The van der Waals surface area contributed by atoms with Crippen molar-refractivity contribution in [3.8, 4) is 0 Å². The summed E-state index contributed by atoms with van der Waals surface area (Å²) < 4.78 is 0. The normalized spacial score (nSPS) is 13.6. The molecular weight excluding hydrogens is 254 g/mol. The number of amides is 1. The predicted octanol–water partition coefficient (Wildman–Crippen LogP) is 2.31. The molecule has 0 aliphatic carbocycles. The van der Waals surface area contributed by atoms with Gasteiger partial charge in [0.2, 0.25) is 0 Å². The quantitative estimate of drug-likeness (QED) is 0.334. The monoisotopic (exact) mass is 277 g/mol. The zero-order valence-electron chi connectivity index (χ0n) is 12.4. The minimum Gasteiger partial charge on any atom is -0.409 e. The highest BCUT2D eigenvalue weighted by Gasteiger charge is 2.21. The van der Waals surface area contributed by atoms with Crippen LogP contribution < -0.4 is 11.1 Å². The molecule has 1 rings (SSSR count). The molecule has 5 nitrogen and oxygen atoms in total. The van der Waals surface area contributed by atoms with Crippen LogP contribution in [-0.4, -0.2) is 23.0 Å². The third kappa shape index (κ3) is 3.98. The van der Waals surface area contributed by atoms with E-state index in [1.807, 2.05) is 26.0 Å². The molecule has 5 heteroatoms. The van der Waals surface area contributed by atoms with E-state index in [-0.39, 0.29) is 17.7 Å². The zero-order chi connectivity index (χ0) is 15.3. The van der Waals surface area contributed by atoms with Gasteiger partial charge in [-0.3, -0.25) is 4.79 Å². The summed E-state index contributed by atoms with van der Waals surface area (Å²) in [6.45, 7) is 7.99.